The van der Waals surface area contributed by atoms with Crippen molar-refractivity contribution in [3.63, 3.8) is 0 Å². The highest BCUT2D eigenvalue weighted by Crippen LogP contribution is 2.48. The van der Waals surface area contributed by atoms with Crippen LogP contribution in [-0.4, -0.2) is 43.1 Å². The van der Waals surface area contributed by atoms with Crippen LogP contribution in [0.3, 0.4) is 0 Å². The Kier molecular flexibility index (Phi) is 11.6. The Labute approximate surface area is 314 Å². The number of aryl methyl sites for hydroxylation is 1. The zero-order valence-electron chi connectivity index (χ0n) is 33.3. The van der Waals surface area contributed by atoms with Crippen LogP contribution in [0.2, 0.25) is 0 Å². The summed E-state index contributed by atoms with van der Waals surface area (Å²) in [5, 5.41) is 0. The Balaban J connectivity index is 0.000000594. The molecule has 0 atom stereocenters. The summed E-state index contributed by atoms with van der Waals surface area (Å²) in [5.74, 6) is 0.984. The lowest BCUT2D eigenvalue weighted by molar-refractivity contribution is 0.308. The molecule has 0 spiro atoms. The average Bonchev–Trinajstić information content (AvgIpc) is 3.43. The molecule has 0 amide bonds. The van der Waals surface area contributed by atoms with Crippen LogP contribution >= 0.6 is 0 Å². The lowest BCUT2D eigenvalue weighted by Crippen LogP contribution is -2.30. The Morgan fingerprint density at radius 3 is 1.71 bits per heavy atom. The Hall–Kier alpha value is -4.31. The summed E-state index contributed by atoms with van der Waals surface area (Å²) in [6.45, 7) is 9.58. The molecule has 1 aromatic heterocycles. The van der Waals surface area contributed by atoms with Gasteiger partial charge in [0.25, 0.3) is 0 Å². The molecule has 0 saturated heterocycles. The van der Waals surface area contributed by atoms with Crippen LogP contribution in [0, 0.1) is 13.8 Å². The molecule has 1 heterocycles. The summed E-state index contributed by atoms with van der Waals surface area (Å²) in [6.07, 6.45) is 23.1. The zero-order chi connectivity index (χ0) is 36.9. The molecule has 0 radical (unpaired) electrons. The summed E-state index contributed by atoms with van der Waals surface area (Å²) in [5.41, 5.74) is 14.5. The number of benzene rings is 3. The number of H-pyrrole nitrogens is 1. The molecule has 3 aliphatic rings. The van der Waals surface area contributed by atoms with Crippen molar-refractivity contribution in [2.75, 3.05) is 33.1 Å². The highest BCUT2D eigenvalue weighted by atomic mass is 15.1. The third kappa shape index (κ3) is 8.33. The molecule has 0 bridgehead atoms. The van der Waals surface area contributed by atoms with Crippen molar-refractivity contribution < 1.29 is 0 Å². The van der Waals surface area contributed by atoms with Gasteiger partial charge in [0.05, 0.1) is 11.4 Å². The fourth-order valence-electron chi connectivity index (χ4n) is 8.82. The number of hydrogen-bond acceptors (Lipinski definition) is 3. The van der Waals surface area contributed by atoms with Crippen LogP contribution in [0.15, 0.2) is 96.7 Å². The largest absolute Gasteiger partial charge is 0.378 e. The van der Waals surface area contributed by atoms with Gasteiger partial charge in [0.2, 0.25) is 0 Å². The molecular formula is C48H62N4. The number of hydrogen-bond donors (Lipinski definition) is 1. The Bertz CT molecular complexity index is 1840. The van der Waals surface area contributed by atoms with E-state index >= 15 is 0 Å². The molecule has 0 unspecified atom stereocenters. The van der Waals surface area contributed by atoms with Gasteiger partial charge in [-0.05, 0) is 109 Å². The minimum absolute atomic E-state index is 0.221. The molecule has 2 saturated carbocycles. The van der Waals surface area contributed by atoms with E-state index in [0.717, 1.165) is 29.2 Å². The van der Waals surface area contributed by atoms with Crippen molar-refractivity contribution in [2.45, 2.75) is 109 Å². The van der Waals surface area contributed by atoms with Gasteiger partial charge in [-0.15, -0.1) is 0 Å². The molecule has 2 fully saturated rings. The van der Waals surface area contributed by atoms with Gasteiger partial charge in [0.15, 0.2) is 0 Å². The van der Waals surface area contributed by atoms with Crippen molar-refractivity contribution in [2.24, 2.45) is 0 Å². The van der Waals surface area contributed by atoms with E-state index in [1.807, 2.05) is 18.2 Å². The maximum atomic E-state index is 5.46. The second kappa shape index (κ2) is 16.1. The van der Waals surface area contributed by atoms with Crippen LogP contribution in [0.4, 0.5) is 5.69 Å². The van der Waals surface area contributed by atoms with Gasteiger partial charge >= 0.3 is 0 Å². The van der Waals surface area contributed by atoms with Crippen LogP contribution in [0.25, 0.3) is 28.2 Å². The topological polar surface area (TPSA) is 35.2 Å². The molecule has 3 aliphatic carbocycles. The SMILES string of the molecule is Cc1c(C2(C)CCCCC2)cc(-c2nc(-c3ccc(N(C)C)cc3)c(C3=CCC=C(N(C)C)C=C3)[nH]2)cc1C1(C)CCCCC1.Cc1ccccc1. The highest BCUT2D eigenvalue weighted by molar-refractivity contribution is 5.85. The molecule has 7 rings (SSSR count). The molecule has 4 nitrogen and oxygen atoms in total. The molecule has 274 valence electrons. The van der Waals surface area contributed by atoms with Crippen LogP contribution in [0.5, 0.6) is 0 Å². The molecule has 52 heavy (non-hydrogen) atoms. The standard InChI is InChI=1S/C41H54N4.C7H8/c1-29-35(40(2)23-10-8-11-24-40)27-32(28-36(29)41(3)25-12-9-13-26-41)39-42-37(30-15-14-16-33(20-17-30)44(4)5)38(43-39)31-18-21-34(22-19-31)45(6)7;1-7-5-3-2-4-6-7/h15-22,27-28H,8-14,23-26H2,1-7H3,(H,42,43);2-6H,1H3. The van der Waals surface area contributed by atoms with E-state index < -0.39 is 0 Å². The fraction of sp³-hybridized carbons (Fsp3) is 0.438. The Morgan fingerprint density at radius 1 is 0.635 bits per heavy atom. The number of likely N-dealkylation sites (N-methyl/N-ethyl adjacent to an activating group) is 1. The van der Waals surface area contributed by atoms with Crippen LogP contribution < -0.4 is 4.90 Å². The lowest BCUT2D eigenvalue weighted by atomic mass is 9.64. The van der Waals surface area contributed by atoms with E-state index in [4.69, 9.17) is 4.98 Å². The van der Waals surface area contributed by atoms with E-state index in [2.05, 4.69) is 144 Å². The maximum Gasteiger partial charge on any atom is 0.138 e. The summed E-state index contributed by atoms with van der Waals surface area (Å²) in [6, 6.07) is 24.1. The fourth-order valence-corrected chi connectivity index (χ4v) is 8.82. The smallest absolute Gasteiger partial charge is 0.138 e. The van der Waals surface area contributed by atoms with Gasteiger partial charge in [-0.1, -0.05) is 119 Å². The molecule has 4 heteroatoms. The number of rotatable bonds is 7. The normalized spacial score (nSPS) is 18.0. The first-order valence-electron chi connectivity index (χ1n) is 19.8. The molecule has 1 N–H and O–H groups in total. The number of imidazole rings is 1. The van der Waals surface area contributed by atoms with Gasteiger partial charge in [-0.2, -0.15) is 0 Å². The second-order valence-electron chi connectivity index (χ2n) is 16.6. The highest BCUT2D eigenvalue weighted by Gasteiger charge is 2.36. The number of aromatic amines is 1. The second-order valence-corrected chi connectivity index (χ2v) is 16.6. The minimum Gasteiger partial charge on any atom is -0.378 e. The molecule has 0 aliphatic heterocycles. The van der Waals surface area contributed by atoms with E-state index in [0.29, 0.717) is 0 Å². The van der Waals surface area contributed by atoms with Crippen molar-refractivity contribution in [3.05, 3.63) is 125 Å². The molecule has 4 aromatic rings. The number of anilines is 1. The summed E-state index contributed by atoms with van der Waals surface area (Å²) >= 11 is 0. The molecular weight excluding hydrogens is 633 g/mol. The minimum atomic E-state index is 0.221. The number of nitrogens with one attached hydrogen (secondary N) is 1. The van der Waals surface area contributed by atoms with Gasteiger partial charge in [0.1, 0.15) is 5.82 Å². The lowest BCUT2D eigenvalue weighted by Gasteiger charge is -2.40. The quantitative estimate of drug-likeness (QED) is 0.209. The van der Waals surface area contributed by atoms with E-state index in [1.165, 1.54) is 97.9 Å². The predicted octanol–water partition coefficient (Wildman–Crippen LogP) is 12.3. The van der Waals surface area contributed by atoms with Gasteiger partial charge in [0, 0.05) is 50.7 Å². The van der Waals surface area contributed by atoms with E-state index in [9.17, 15) is 0 Å². The first-order chi connectivity index (χ1) is 25.0. The van der Waals surface area contributed by atoms with Gasteiger partial charge in [-0.25, -0.2) is 4.98 Å². The van der Waals surface area contributed by atoms with E-state index in [-0.39, 0.29) is 10.8 Å². The third-order valence-corrected chi connectivity index (χ3v) is 12.1. The van der Waals surface area contributed by atoms with Crippen molar-refractivity contribution in [1.29, 1.82) is 0 Å². The zero-order valence-corrected chi connectivity index (χ0v) is 33.3. The first kappa shape index (κ1) is 37.4. The van der Waals surface area contributed by atoms with Gasteiger partial charge in [-0.3, -0.25) is 0 Å². The first-order valence-corrected chi connectivity index (χ1v) is 19.8. The van der Waals surface area contributed by atoms with E-state index in [1.54, 1.807) is 11.1 Å². The third-order valence-electron chi connectivity index (χ3n) is 12.1. The number of aromatic nitrogens is 2. The van der Waals surface area contributed by atoms with Crippen molar-refractivity contribution in [3.8, 4) is 22.6 Å². The predicted molar refractivity (Wildman–Crippen MR) is 224 cm³/mol. The summed E-state index contributed by atoms with van der Waals surface area (Å²) < 4.78 is 0. The van der Waals surface area contributed by atoms with Crippen molar-refractivity contribution >= 4 is 11.3 Å². The van der Waals surface area contributed by atoms with Gasteiger partial charge < -0.3 is 14.8 Å². The number of allylic oxidation sites excluding steroid dienone is 5. The van der Waals surface area contributed by atoms with Crippen LogP contribution in [0.1, 0.15) is 112 Å². The molecule has 3 aromatic carbocycles. The summed E-state index contributed by atoms with van der Waals surface area (Å²) in [7, 11) is 8.41. The average molecular weight is 695 g/mol. The summed E-state index contributed by atoms with van der Waals surface area (Å²) in [4.78, 5) is 13.7. The Morgan fingerprint density at radius 2 is 1.21 bits per heavy atom. The van der Waals surface area contributed by atoms with Crippen molar-refractivity contribution in [1.82, 2.24) is 14.9 Å². The maximum absolute atomic E-state index is 5.46. The monoisotopic (exact) mass is 694 g/mol. The number of nitrogens with zero attached hydrogens (tertiary/aromatic N) is 3. The van der Waals surface area contributed by atoms with Crippen LogP contribution in [-0.2, 0) is 10.8 Å².